The van der Waals surface area contributed by atoms with Crippen molar-refractivity contribution < 1.29 is 4.74 Å². The SMILES string of the molecule is Cc1nn(-c2cc(Oc3ccc4c5ccccc5n(-c5cc(-n6c7c(C)cccc7c7cccc(C)c76)ccn5)c4c3)cc(C(C)C)c2)c(C(C)(C)C)c1-c1ccccc1. The van der Waals surface area contributed by atoms with E-state index >= 15 is 0 Å². The van der Waals surface area contributed by atoms with E-state index in [4.69, 9.17) is 14.8 Å². The smallest absolute Gasteiger partial charge is 0.139 e. The molecule has 0 amide bonds. The summed E-state index contributed by atoms with van der Waals surface area (Å²) in [6.45, 7) is 17.8. The molecule has 0 aliphatic carbocycles. The van der Waals surface area contributed by atoms with Crippen molar-refractivity contribution in [1.29, 1.82) is 0 Å². The average Bonchev–Trinajstić information content (AvgIpc) is 3.89. The monoisotopic (exact) mass is 783 g/mol. The van der Waals surface area contributed by atoms with Crippen LogP contribution in [0.15, 0.2) is 146 Å². The average molecular weight is 784 g/mol. The van der Waals surface area contributed by atoms with E-state index in [1.54, 1.807) is 0 Å². The lowest BCUT2D eigenvalue weighted by molar-refractivity contribution is 0.480. The fourth-order valence-electron chi connectivity index (χ4n) is 9.26. The molecule has 0 bridgehead atoms. The van der Waals surface area contributed by atoms with Crippen molar-refractivity contribution in [2.24, 2.45) is 0 Å². The zero-order chi connectivity index (χ0) is 41.4. The van der Waals surface area contributed by atoms with Gasteiger partial charge in [0, 0.05) is 56.9 Å². The van der Waals surface area contributed by atoms with E-state index in [2.05, 4.69) is 209 Å². The summed E-state index contributed by atoms with van der Waals surface area (Å²) >= 11 is 0. The number of fused-ring (bicyclic) bond motifs is 6. The Morgan fingerprint density at radius 3 is 1.93 bits per heavy atom. The molecule has 0 radical (unpaired) electrons. The fourth-order valence-corrected chi connectivity index (χ4v) is 9.26. The summed E-state index contributed by atoms with van der Waals surface area (Å²) < 4.78 is 13.7. The third kappa shape index (κ3) is 6.09. The van der Waals surface area contributed by atoms with Crippen LogP contribution < -0.4 is 4.74 Å². The molecule has 6 heteroatoms. The maximum absolute atomic E-state index is 6.90. The summed E-state index contributed by atoms with van der Waals surface area (Å²) in [4.78, 5) is 5.04. The van der Waals surface area contributed by atoms with Gasteiger partial charge in [-0.25, -0.2) is 9.67 Å². The molecular formula is C54H49N5O. The third-order valence-corrected chi connectivity index (χ3v) is 12.0. The summed E-state index contributed by atoms with van der Waals surface area (Å²) in [5, 5.41) is 10.0. The van der Waals surface area contributed by atoms with Crippen LogP contribution in [0.25, 0.3) is 71.9 Å². The van der Waals surface area contributed by atoms with Crippen molar-refractivity contribution in [2.75, 3.05) is 0 Å². The fraction of sp³-hybridized carbons (Fsp3) is 0.185. The van der Waals surface area contributed by atoms with Gasteiger partial charge in [0.1, 0.15) is 17.3 Å². The molecule has 60 heavy (non-hydrogen) atoms. The number of para-hydroxylation sites is 3. The Hall–Kier alpha value is -6.92. The van der Waals surface area contributed by atoms with Crippen molar-refractivity contribution in [3.63, 3.8) is 0 Å². The van der Waals surface area contributed by atoms with Crippen LogP contribution in [0.5, 0.6) is 11.5 Å². The maximum Gasteiger partial charge on any atom is 0.139 e. The quantitative estimate of drug-likeness (QED) is 0.162. The van der Waals surface area contributed by atoms with Crippen molar-refractivity contribution >= 4 is 43.6 Å². The molecule has 0 saturated carbocycles. The van der Waals surface area contributed by atoms with Crippen LogP contribution in [0.2, 0.25) is 0 Å². The normalized spacial score (nSPS) is 12.2. The van der Waals surface area contributed by atoms with Crippen LogP contribution in [-0.4, -0.2) is 23.9 Å². The first-order valence-corrected chi connectivity index (χ1v) is 20.9. The number of hydrogen-bond donors (Lipinski definition) is 0. The molecule has 0 aliphatic rings. The Balaban J connectivity index is 1.12. The summed E-state index contributed by atoms with van der Waals surface area (Å²) in [6, 6.07) is 49.7. The number of ether oxygens (including phenoxy) is 1. The van der Waals surface area contributed by atoms with Crippen molar-refractivity contribution in [3.05, 3.63) is 174 Å². The minimum Gasteiger partial charge on any atom is -0.457 e. The Kier molecular flexibility index (Phi) is 8.79. The molecule has 0 N–H and O–H groups in total. The topological polar surface area (TPSA) is 49.8 Å². The van der Waals surface area contributed by atoms with E-state index in [1.165, 1.54) is 55.3 Å². The molecule has 10 rings (SSSR count). The van der Waals surface area contributed by atoms with Gasteiger partial charge in [0.15, 0.2) is 0 Å². The second-order valence-electron chi connectivity index (χ2n) is 17.5. The maximum atomic E-state index is 6.90. The number of hydrogen-bond acceptors (Lipinski definition) is 3. The van der Waals surface area contributed by atoms with Crippen LogP contribution in [0.3, 0.4) is 0 Å². The van der Waals surface area contributed by atoms with Crippen LogP contribution in [0, 0.1) is 20.8 Å². The first-order valence-electron chi connectivity index (χ1n) is 20.9. The largest absolute Gasteiger partial charge is 0.457 e. The van der Waals surface area contributed by atoms with Crippen LogP contribution in [-0.2, 0) is 5.41 Å². The lowest BCUT2D eigenvalue weighted by atomic mass is 9.86. The first-order chi connectivity index (χ1) is 29.0. The highest BCUT2D eigenvalue weighted by atomic mass is 16.5. The molecule has 4 aromatic heterocycles. The number of benzene rings is 6. The Morgan fingerprint density at radius 1 is 0.567 bits per heavy atom. The molecule has 0 atom stereocenters. The Bertz CT molecular complexity index is 3220. The number of pyridine rings is 1. The van der Waals surface area contributed by atoms with Gasteiger partial charge in [-0.15, -0.1) is 0 Å². The highest BCUT2D eigenvalue weighted by molar-refractivity contribution is 6.12. The van der Waals surface area contributed by atoms with Gasteiger partial charge in [-0.2, -0.15) is 5.10 Å². The zero-order valence-corrected chi connectivity index (χ0v) is 35.6. The van der Waals surface area contributed by atoms with Crippen LogP contribution in [0.4, 0.5) is 0 Å². The van der Waals surface area contributed by atoms with Gasteiger partial charge in [0.05, 0.1) is 44.8 Å². The number of nitrogens with zero attached hydrogens (tertiary/aromatic N) is 5. The van der Waals surface area contributed by atoms with Crippen molar-refractivity contribution in [2.45, 2.75) is 66.7 Å². The Labute approximate surface area is 351 Å². The lowest BCUT2D eigenvalue weighted by Gasteiger charge is -2.24. The minimum atomic E-state index is -0.176. The molecule has 0 unspecified atom stereocenters. The standard InChI is InChI=1S/C54H49N5O/c1-33(2)38-28-40(59-53(54(6,7)8)50(36(5)56-59)37-18-10-9-11-19-37)30-42(29-38)60-41-24-25-44-43-20-12-13-23-47(43)58(48(44)32-41)49-31-39(26-27-55-49)57-51-34(3)16-14-21-45(51)46-22-15-17-35(4)52(46)57/h9-33H,1-8H3. The van der Waals surface area contributed by atoms with E-state index in [0.29, 0.717) is 0 Å². The first kappa shape index (κ1) is 37.4. The number of rotatable bonds is 7. The predicted molar refractivity (Wildman–Crippen MR) is 249 cm³/mol. The molecule has 6 nitrogen and oxygen atoms in total. The molecule has 0 spiro atoms. The van der Waals surface area contributed by atoms with Crippen molar-refractivity contribution in [1.82, 2.24) is 23.9 Å². The molecule has 0 fully saturated rings. The van der Waals surface area contributed by atoms with Gasteiger partial charge in [-0.3, -0.25) is 4.57 Å². The molecule has 296 valence electrons. The van der Waals surface area contributed by atoms with Gasteiger partial charge in [0.25, 0.3) is 0 Å². The second kappa shape index (κ2) is 14.1. The molecule has 0 aliphatic heterocycles. The van der Waals surface area contributed by atoms with E-state index < -0.39 is 0 Å². The van der Waals surface area contributed by atoms with E-state index in [0.717, 1.165) is 56.2 Å². The van der Waals surface area contributed by atoms with Crippen molar-refractivity contribution in [3.8, 4) is 39.8 Å². The minimum absolute atomic E-state index is 0.176. The summed E-state index contributed by atoms with van der Waals surface area (Å²) in [5.41, 5.74) is 14.6. The van der Waals surface area contributed by atoms with Crippen LogP contribution in [0.1, 0.15) is 68.6 Å². The predicted octanol–water partition coefficient (Wildman–Crippen LogP) is 14.3. The third-order valence-electron chi connectivity index (χ3n) is 12.0. The summed E-state index contributed by atoms with van der Waals surface area (Å²) in [6.07, 6.45) is 1.94. The zero-order valence-electron chi connectivity index (χ0n) is 35.6. The van der Waals surface area contributed by atoms with Gasteiger partial charge in [-0.1, -0.05) is 120 Å². The highest BCUT2D eigenvalue weighted by Crippen LogP contribution is 2.41. The number of aryl methyl sites for hydroxylation is 3. The van der Waals surface area contributed by atoms with Gasteiger partial charge >= 0.3 is 0 Å². The Morgan fingerprint density at radius 2 is 1.23 bits per heavy atom. The highest BCUT2D eigenvalue weighted by Gasteiger charge is 2.28. The molecule has 0 saturated heterocycles. The van der Waals surface area contributed by atoms with E-state index in [-0.39, 0.29) is 11.3 Å². The molecule has 4 heterocycles. The molecule has 10 aromatic rings. The van der Waals surface area contributed by atoms with Gasteiger partial charge in [0.2, 0.25) is 0 Å². The number of aromatic nitrogens is 5. The van der Waals surface area contributed by atoms with E-state index in [1.807, 2.05) is 6.20 Å². The van der Waals surface area contributed by atoms with E-state index in [9.17, 15) is 0 Å². The lowest BCUT2D eigenvalue weighted by Crippen LogP contribution is -2.19. The van der Waals surface area contributed by atoms with Gasteiger partial charge in [-0.05, 0) is 85.3 Å². The molecular weight excluding hydrogens is 735 g/mol. The van der Waals surface area contributed by atoms with Gasteiger partial charge < -0.3 is 9.30 Å². The summed E-state index contributed by atoms with van der Waals surface area (Å²) in [5.74, 6) is 2.64. The second-order valence-corrected chi connectivity index (χ2v) is 17.5. The molecule has 6 aromatic carbocycles. The summed E-state index contributed by atoms with van der Waals surface area (Å²) in [7, 11) is 0. The van der Waals surface area contributed by atoms with Crippen LogP contribution >= 0.6 is 0 Å².